The van der Waals surface area contributed by atoms with Crippen molar-refractivity contribution in [3.05, 3.63) is 0 Å². The number of carbonyl (C=O) groups is 3. The Bertz CT molecular complexity index is 826. The van der Waals surface area contributed by atoms with Crippen LogP contribution in [-0.2, 0) is 28.6 Å². The minimum absolute atomic E-state index is 0.0651. The van der Waals surface area contributed by atoms with E-state index in [9.17, 15) is 14.4 Å². The Balaban J connectivity index is 4.33. The average molecular weight is 765 g/mol. The molecule has 1 unspecified atom stereocenters. The van der Waals surface area contributed by atoms with E-state index in [0.29, 0.717) is 19.3 Å². The summed E-state index contributed by atoms with van der Waals surface area (Å²) in [6.45, 7) is 11.3. The molecule has 0 aromatic carbocycles. The van der Waals surface area contributed by atoms with Crippen molar-refractivity contribution in [2.24, 2.45) is 11.8 Å². The lowest BCUT2D eigenvalue weighted by molar-refractivity contribution is -0.167. The third-order valence-corrected chi connectivity index (χ3v) is 11.1. The van der Waals surface area contributed by atoms with Crippen molar-refractivity contribution in [3.8, 4) is 0 Å². The highest BCUT2D eigenvalue weighted by Crippen LogP contribution is 2.17. The molecule has 0 saturated carbocycles. The molecule has 0 fully saturated rings. The summed E-state index contributed by atoms with van der Waals surface area (Å²) in [4.78, 5) is 37.7. The van der Waals surface area contributed by atoms with Gasteiger partial charge in [-0.1, -0.05) is 221 Å². The van der Waals surface area contributed by atoms with Crippen molar-refractivity contribution in [1.82, 2.24) is 0 Å². The van der Waals surface area contributed by atoms with Gasteiger partial charge in [0.15, 0.2) is 6.10 Å². The van der Waals surface area contributed by atoms with Crippen molar-refractivity contribution in [3.63, 3.8) is 0 Å². The van der Waals surface area contributed by atoms with Gasteiger partial charge in [-0.15, -0.1) is 0 Å². The second-order valence-corrected chi connectivity index (χ2v) is 17.1. The number of hydrogen-bond donors (Lipinski definition) is 0. The molecule has 0 bridgehead atoms. The van der Waals surface area contributed by atoms with Gasteiger partial charge in [-0.2, -0.15) is 0 Å². The van der Waals surface area contributed by atoms with Gasteiger partial charge in [-0.25, -0.2) is 0 Å². The van der Waals surface area contributed by atoms with Crippen LogP contribution >= 0.6 is 0 Å². The highest BCUT2D eigenvalue weighted by Gasteiger charge is 2.19. The van der Waals surface area contributed by atoms with Gasteiger partial charge in [0.2, 0.25) is 0 Å². The molecule has 2 atom stereocenters. The number of carbonyl (C=O) groups excluding carboxylic acids is 3. The van der Waals surface area contributed by atoms with Crippen LogP contribution in [0.5, 0.6) is 0 Å². The zero-order chi connectivity index (χ0) is 39.7. The first kappa shape index (κ1) is 52.4. The zero-order valence-corrected chi connectivity index (χ0v) is 36.8. The molecule has 0 rings (SSSR count). The molecule has 0 aromatic rings. The van der Waals surface area contributed by atoms with Crippen molar-refractivity contribution in [2.45, 2.75) is 265 Å². The highest BCUT2D eigenvalue weighted by molar-refractivity contribution is 5.71. The fraction of sp³-hybridized carbons (Fsp3) is 0.938. The van der Waals surface area contributed by atoms with Crippen LogP contribution in [0.4, 0.5) is 0 Å². The quantitative estimate of drug-likeness (QED) is 0.0350. The number of ether oxygens (including phenoxy) is 3. The van der Waals surface area contributed by atoms with Crippen molar-refractivity contribution < 1.29 is 28.6 Å². The van der Waals surface area contributed by atoms with Crippen molar-refractivity contribution >= 4 is 17.9 Å². The Labute approximate surface area is 336 Å². The molecular weight excluding hydrogens is 673 g/mol. The fourth-order valence-electron chi connectivity index (χ4n) is 7.07. The summed E-state index contributed by atoms with van der Waals surface area (Å²) in [6, 6.07) is 0. The van der Waals surface area contributed by atoms with Gasteiger partial charge in [0.25, 0.3) is 0 Å². The second kappa shape index (κ2) is 41.1. The smallest absolute Gasteiger partial charge is 0.306 e. The summed E-state index contributed by atoms with van der Waals surface area (Å²) < 4.78 is 16.7. The second-order valence-electron chi connectivity index (χ2n) is 17.1. The Kier molecular flexibility index (Phi) is 39.8. The molecular formula is C48H92O6. The van der Waals surface area contributed by atoms with Crippen molar-refractivity contribution in [1.29, 1.82) is 0 Å². The molecule has 54 heavy (non-hydrogen) atoms. The molecule has 0 aliphatic heterocycles. The highest BCUT2D eigenvalue weighted by atomic mass is 16.6. The van der Waals surface area contributed by atoms with Crippen LogP contribution in [0.15, 0.2) is 0 Å². The molecule has 0 spiro atoms. The number of rotatable bonds is 42. The summed E-state index contributed by atoms with van der Waals surface area (Å²) in [5.41, 5.74) is 0. The standard InChI is InChI=1S/C48H92O6/c1-6-8-9-10-11-12-13-16-20-23-30-35-40-48(51)54-45(42-53-47(50)39-34-29-25-24-27-32-37-44(5)7-2)41-52-46(49)38-33-28-22-19-17-14-15-18-21-26-31-36-43(3)4/h43-45H,6-42H2,1-5H3/t44?,45-/m0/s1. The SMILES string of the molecule is CCCCCCCCCCCCCCC(=O)O[C@@H](COC(=O)CCCCCCCCCCCCCC(C)C)COC(=O)CCCCCCCCC(C)CC. The lowest BCUT2D eigenvalue weighted by atomic mass is 10.00. The van der Waals surface area contributed by atoms with Crippen molar-refractivity contribution in [2.75, 3.05) is 13.2 Å². The van der Waals surface area contributed by atoms with Gasteiger partial charge < -0.3 is 14.2 Å². The largest absolute Gasteiger partial charge is 0.462 e. The minimum atomic E-state index is -0.761. The summed E-state index contributed by atoms with van der Waals surface area (Å²) in [7, 11) is 0. The number of unbranched alkanes of at least 4 members (excludes halogenated alkanes) is 26. The Morgan fingerprint density at radius 1 is 0.389 bits per heavy atom. The fourth-order valence-corrected chi connectivity index (χ4v) is 7.07. The first-order valence-electron chi connectivity index (χ1n) is 23.8. The first-order chi connectivity index (χ1) is 26.3. The summed E-state index contributed by atoms with van der Waals surface area (Å²) in [6.07, 6.45) is 39.4. The van der Waals surface area contributed by atoms with Crippen LogP contribution in [0.2, 0.25) is 0 Å². The maximum absolute atomic E-state index is 12.7. The van der Waals surface area contributed by atoms with E-state index in [2.05, 4.69) is 34.6 Å². The molecule has 0 heterocycles. The van der Waals surface area contributed by atoms with Crippen LogP contribution in [0.25, 0.3) is 0 Å². The third-order valence-electron chi connectivity index (χ3n) is 11.1. The van der Waals surface area contributed by atoms with Gasteiger partial charge in [0, 0.05) is 19.3 Å². The van der Waals surface area contributed by atoms with Gasteiger partial charge in [0.05, 0.1) is 0 Å². The minimum Gasteiger partial charge on any atom is -0.462 e. The van der Waals surface area contributed by atoms with Gasteiger partial charge in [-0.3, -0.25) is 14.4 Å². The Morgan fingerprint density at radius 2 is 0.704 bits per heavy atom. The van der Waals surface area contributed by atoms with E-state index in [-0.39, 0.29) is 31.1 Å². The van der Waals surface area contributed by atoms with Gasteiger partial charge >= 0.3 is 17.9 Å². The summed E-state index contributed by atoms with van der Waals surface area (Å²) in [5.74, 6) is 0.784. The molecule has 6 heteroatoms. The van der Waals surface area contributed by atoms with E-state index in [1.54, 1.807) is 0 Å². The van der Waals surface area contributed by atoms with Crippen LogP contribution < -0.4 is 0 Å². The predicted molar refractivity (Wildman–Crippen MR) is 229 cm³/mol. The maximum atomic E-state index is 12.7. The zero-order valence-electron chi connectivity index (χ0n) is 36.8. The topological polar surface area (TPSA) is 78.9 Å². The Morgan fingerprint density at radius 3 is 1.06 bits per heavy atom. The summed E-state index contributed by atoms with van der Waals surface area (Å²) in [5, 5.41) is 0. The third kappa shape index (κ3) is 40.1. The van der Waals surface area contributed by atoms with Gasteiger partial charge in [0.1, 0.15) is 13.2 Å². The molecule has 0 saturated heterocycles. The number of esters is 3. The average Bonchev–Trinajstić information content (AvgIpc) is 3.15. The Hall–Kier alpha value is -1.59. The monoisotopic (exact) mass is 765 g/mol. The normalized spacial score (nSPS) is 12.6. The lowest BCUT2D eigenvalue weighted by Gasteiger charge is -2.18. The van der Waals surface area contributed by atoms with Crippen LogP contribution in [0.1, 0.15) is 259 Å². The van der Waals surface area contributed by atoms with Crippen LogP contribution in [0.3, 0.4) is 0 Å². The van der Waals surface area contributed by atoms with E-state index in [1.807, 2.05) is 0 Å². The van der Waals surface area contributed by atoms with E-state index < -0.39 is 6.10 Å². The lowest BCUT2D eigenvalue weighted by Crippen LogP contribution is -2.30. The van der Waals surface area contributed by atoms with E-state index in [1.165, 1.54) is 148 Å². The molecule has 6 nitrogen and oxygen atoms in total. The molecule has 0 aliphatic rings. The van der Waals surface area contributed by atoms with Crippen LogP contribution in [-0.4, -0.2) is 37.2 Å². The first-order valence-corrected chi connectivity index (χ1v) is 23.8. The molecule has 0 radical (unpaired) electrons. The molecule has 0 amide bonds. The molecule has 0 aromatic heterocycles. The molecule has 0 aliphatic carbocycles. The van der Waals surface area contributed by atoms with Crippen LogP contribution in [0, 0.1) is 11.8 Å². The maximum Gasteiger partial charge on any atom is 0.306 e. The van der Waals surface area contributed by atoms with E-state index >= 15 is 0 Å². The predicted octanol–water partition coefficient (Wildman–Crippen LogP) is 15.0. The van der Waals surface area contributed by atoms with E-state index in [4.69, 9.17) is 14.2 Å². The van der Waals surface area contributed by atoms with E-state index in [0.717, 1.165) is 69.6 Å². The molecule has 0 N–H and O–H groups in total. The van der Waals surface area contributed by atoms with Gasteiger partial charge in [-0.05, 0) is 31.1 Å². The number of hydrogen-bond acceptors (Lipinski definition) is 6. The molecule has 320 valence electrons. The summed E-state index contributed by atoms with van der Waals surface area (Å²) >= 11 is 0.